The van der Waals surface area contributed by atoms with Gasteiger partial charge in [0.05, 0.1) is 10.7 Å². The number of nitrogens with zero attached hydrogens (tertiary/aromatic N) is 1. The minimum absolute atomic E-state index is 0.258. The lowest BCUT2D eigenvalue weighted by Gasteiger charge is -2.21. The lowest BCUT2D eigenvalue weighted by molar-refractivity contribution is 0.621. The molecule has 90 valence electrons. The third-order valence-corrected chi connectivity index (χ3v) is 3.01. The van der Waals surface area contributed by atoms with E-state index in [1.165, 1.54) is 0 Å². The lowest BCUT2D eigenvalue weighted by Crippen LogP contribution is -2.22. The summed E-state index contributed by atoms with van der Waals surface area (Å²) in [5, 5.41) is 1.36. The summed E-state index contributed by atoms with van der Waals surface area (Å²) < 4.78 is 0. The number of hydrogen-bond acceptors (Lipinski definition) is 2. The molecule has 0 heterocycles. The van der Waals surface area contributed by atoms with Crippen LogP contribution in [0.3, 0.4) is 0 Å². The first kappa shape index (κ1) is 13.6. The number of nitrogens with two attached hydrogens (primary N) is 1. The second kappa shape index (κ2) is 6.33. The van der Waals surface area contributed by atoms with Crippen molar-refractivity contribution in [1.82, 2.24) is 0 Å². The van der Waals surface area contributed by atoms with Gasteiger partial charge in [-0.15, -0.1) is 0 Å². The first-order valence-electron chi connectivity index (χ1n) is 5.42. The number of rotatable bonds is 5. The molecule has 0 spiro atoms. The number of halogens is 2. The summed E-state index contributed by atoms with van der Waals surface area (Å²) in [7, 11) is 2.02. The van der Waals surface area contributed by atoms with E-state index in [2.05, 4.69) is 4.90 Å². The zero-order chi connectivity index (χ0) is 12.1. The fourth-order valence-corrected chi connectivity index (χ4v) is 2.11. The maximum atomic E-state index is 6.12. The number of benzene rings is 1. The van der Waals surface area contributed by atoms with Crippen LogP contribution in [-0.4, -0.2) is 19.6 Å². The molecule has 0 radical (unpaired) electrons. The molecule has 1 aromatic rings. The van der Waals surface area contributed by atoms with Gasteiger partial charge in [-0.05, 0) is 38.0 Å². The molecule has 4 heteroatoms. The Labute approximate surface area is 107 Å². The maximum Gasteiger partial charge on any atom is 0.0654 e. The average molecular weight is 261 g/mol. The molecule has 0 aliphatic carbocycles. The fraction of sp³-hybridized carbons (Fsp3) is 0.500. The molecule has 16 heavy (non-hydrogen) atoms. The molecule has 2 N–H and O–H groups in total. The normalized spacial score (nSPS) is 12.6. The zero-order valence-electron chi connectivity index (χ0n) is 9.71. The third kappa shape index (κ3) is 4.20. The van der Waals surface area contributed by atoms with Gasteiger partial charge < -0.3 is 10.6 Å². The van der Waals surface area contributed by atoms with Crippen molar-refractivity contribution in [3.63, 3.8) is 0 Å². The van der Waals surface area contributed by atoms with Gasteiger partial charge in [0.25, 0.3) is 0 Å². The molecule has 0 amide bonds. The minimum atomic E-state index is 0.258. The third-order valence-electron chi connectivity index (χ3n) is 2.47. The summed E-state index contributed by atoms with van der Waals surface area (Å²) in [6.07, 6.45) is 2.09. The summed E-state index contributed by atoms with van der Waals surface area (Å²) in [6, 6.07) is 5.82. The van der Waals surface area contributed by atoms with E-state index in [1.54, 1.807) is 6.07 Å². The van der Waals surface area contributed by atoms with Crippen LogP contribution in [0.25, 0.3) is 0 Å². The van der Waals surface area contributed by atoms with Crippen LogP contribution in [0, 0.1) is 0 Å². The predicted molar refractivity (Wildman–Crippen MR) is 72.6 cm³/mol. The van der Waals surface area contributed by atoms with Crippen LogP contribution in [0.2, 0.25) is 10.0 Å². The van der Waals surface area contributed by atoms with Crippen LogP contribution in [0.15, 0.2) is 18.2 Å². The molecule has 0 fully saturated rings. The Bertz CT molecular complexity index is 340. The molecule has 0 saturated heterocycles. The van der Waals surface area contributed by atoms with E-state index >= 15 is 0 Å². The summed E-state index contributed by atoms with van der Waals surface area (Å²) in [5.74, 6) is 0. The molecule has 1 rings (SSSR count). The van der Waals surface area contributed by atoms with Gasteiger partial charge in [0.1, 0.15) is 0 Å². The molecule has 0 aliphatic heterocycles. The van der Waals surface area contributed by atoms with Crippen molar-refractivity contribution >= 4 is 28.9 Å². The van der Waals surface area contributed by atoms with Crippen LogP contribution in [0.5, 0.6) is 0 Å². The highest BCUT2D eigenvalue weighted by Gasteiger charge is 2.06. The summed E-state index contributed by atoms with van der Waals surface area (Å²) >= 11 is 12.0. The summed E-state index contributed by atoms with van der Waals surface area (Å²) in [6.45, 7) is 2.97. The number of hydrogen-bond donors (Lipinski definition) is 1. The molecule has 1 atom stereocenters. The topological polar surface area (TPSA) is 29.3 Å². The molecule has 0 bridgehead atoms. The van der Waals surface area contributed by atoms with Crippen molar-refractivity contribution in [2.24, 2.45) is 5.73 Å². The molecule has 0 aliphatic rings. The highest BCUT2D eigenvalue weighted by molar-refractivity contribution is 6.36. The van der Waals surface area contributed by atoms with Gasteiger partial charge in [-0.25, -0.2) is 0 Å². The Kier molecular flexibility index (Phi) is 5.39. The first-order chi connectivity index (χ1) is 7.50. The van der Waals surface area contributed by atoms with Gasteiger partial charge in [-0.2, -0.15) is 0 Å². The van der Waals surface area contributed by atoms with E-state index in [0.29, 0.717) is 10.0 Å². The van der Waals surface area contributed by atoms with E-state index in [0.717, 1.165) is 25.1 Å². The Morgan fingerprint density at radius 1 is 1.38 bits per heavy atom. The fourth-order valence-electron chi connectivity index (χ4n) is 1.56. The smallest absolute Gasteiger partial charge is 0.0654 e. The molecule has 0 aromatic heterocycles. The molecular weight excluding hydrogens is 243 g/mol. The van der Waals surface area contributed by atoms with Gasteiger partial charge in [0.15, 0.2) is 0 Å². The second-order valence-electron chi connectivity index (χ2n) is 4.14. The van der Waals surface area contributed by atoms with Crippen molar-refractivity contribution in [3.05, 3.63) is 28.2 Å². The predicted octanol–water partition coefficient (Wildman–Crippen LogP) is 3.56. The van der Waals surface area contributed by atoms with Crippen LogP contribution in [-0.2, 0) is 0 Å². The van der Waals surface area contributed by atoms with Gasteiger partial charge in [-0.3, -0.25) is 0 Å². The van der Waals surface area contributed by atoms with E-state index < -0.39 is 0 Å². The quantitative estimate of drug-likeness (QED) is 0.878. The van der Waals surface area contributed by atoms with Crippen molar-refractivity contribution in [3.8, 4) is 0 Å². The molecule has 1 aromatic carbocycles. The second-order valence-corrected chi connectivity index (χ2v) is 4.98. The van der Waals surface area contributed by atoms with Crippen molar-refractivity contribution in [1.29, 1.82) is 0 Å². The van der Waals surface area contributed by atoms with E-state index in [4.69, 9.17) is 28.9 Å². The monoisotopic (exact) mass is 260 g/mol. The summed E-state index contributed by atoms with van der Waals surface area (Å²) in [4.78, 5) is 2.13. The SMILES string of the molecule is CC(N)CCCN(C)c1ccc(Cl)cc1Cl. The highest BCUT2D eigenvalue weighted by atomic mass is 35.5. The lowest BCUT2D eigenvalue weighted by atomic mass is 10.2. The standard InChI is InChI=1S/C12H18Cl2N2/c1-9(15)4-3-7-16(2)12-6-5-10(13)8-11(12)14/h5-6,8-9H,3-4,7,15H2,1-2H3. The first-order valence-corrected chi connectivity index (χ1v) is 6.18. The minimum Gasteiger partial charge on any atom is -0.373 e. The summed E-state index contributed by atoms with van der Waals surface area (Å²) in [5.41, 5.74) is 6.71. The van der Waals surface area contributed by atoms with Crippen molar-refractivity contribution in [2.45, 2.75) is 25.8 Å². The van der Waals surface area contributed by atoms with Crippen molar-refractivity contribution in [2.75, 3.05) is 18.5 Å². The number of anilines is 1. The van der Waals surface area contributed by atoms with E-state index in [9.17, 15) is 0 Å². The molecule has 0 saturated carbocycles. The molecular formula is C12H18Cl2N2. The van der Waals surface area contributed by atoms with E-state index in [-0.39, 0.29) is 6.04 Å². The van der Waals surface area contributed by atoms with Crippen molar-refractivity contribution < 1.29 is 0 Å². The van der Waals surface area contributed by atoms with Crippen LogP contribution >= 0.6 is 23.2 Å². The maximum absolute atomic E-state index is 6.12. The van der Waals surface area contributed by atoms with Crippen LogP contribution in [0.4, 0.5) is 5.69 Å². The Morgan fingerprint density at radius 3 is 2.62 bits per heavy atom. The van der Waals surface area contributed by atoms with Crippen LogP contribution in [0.1, 0.15) is 19.8 Å². The molecule has 1 unspecified atom stereocenters. The zero-order valence-corrected chi connectivity index (χ0v) is 11.2. The Morgan fingerprint density at radius 2 is 2.06 bits per heavy atom. The molecule has 2 nitrogen and oxygen atoms in total. The van der Waals surface area contributed by atoms with Gasteiger partial charge in [0.2, 0.25) is 0 Å². The van der Waals surface area contributed by atoms with Gasteiger partial charge >= 0.3 is 0 Å². The highest BCUT2D eigenvalue weighted by Crippen LogP contribution is 2.28. The average Bonchev–Trinajstić information content (AvgIpc) is 2.16. The van der Waals surface area contributed by atoms with Gasteiger partial charge in [0, 0.05) is 24.7 Å². The largest absolute Gasteiger partial charge is 0.373 e. The van der Waals surface area contributed by atoms with Crippen LogP contribution < -0.4 is 10.6 Å². The Hall–Kier alpha value is -0.440. The van der Waals surface area contributed by atoms with Gasteiger partial charge in [-0.1, -0.05) is 23.2 Å². The van der Waals surface area contributed by atoms with E-state index in [1.807, 2.05) is 26.1 Å². The Balaban J connectivity index is 2.55.